The van der Waals surface area contributed by atoms with E-state index >= 15 is 0 Å². The van der Waals surface area contributed by atoms with Crippen LogP contribution in [0.3, 0.4) is 0 Å². The number of aliphatic carboxylic acids is 1. The van der Waals surface area contributed by atoms with Crippen molar-refractivity contribution in [2.24, 2.45) is 0 Å². The lowest BCUT2D eigenvalue weighted by atomic mass is 9.95. The van der Waals surface area contributed by atoms with Crippen molar-refractivity contribution in [3.63, 3.8) is 0 Å². The van der Waals surface area contributed by atoms with Crippen LogP contribution in [-0.4, -0.2) is 220 Å². The Hall–Kier alpha value is -1.33. The van der Waals surface area contributed by atoms with E-state index in [0.29, 0.717) is 0 Å². The largest absolute Gasteiger partial charge is 0.479 e. The molecule has 1 unspecified atom stereocenters. The number of rotatable bonds is 10. The van der Waals surface area contributed by atoms with E-state index in [9.17, 15) is 76.3 Å². The van der Waals surface area contributed by atoms with Gasteiger partial charge in [-0.1, -0.05) is 0 Å². The summed E-state index contributed by atoms with van der Waals surface area (Å²) in [4.78, 5) is 12.1. The zero-order valence-corrected chi connectivity index (χ0v) is 23.7. The summed E-state index contributed by atoms with van der Waals surface area (Å²) in [6.45, 7) is -2.66. The van der Waals surface area contributed by atoms with Crippen LogP contribution in [0, 0.1) is 0 Å². The Kier molecular flexibility index (Phi) is 12.6. The third-order valence-electron chi connectivity index (χ3n) is 8.17. The van der Waals surface area contributed by atoms with Crippen LogP contribution in [0.15, 0.2) is 0 Å². The molecule has 0 spiro atoms. The minimum Gasteiger partial charge on any atom is -0.479 e. The van der Waals surface area contributed by atoms with E-state index < -0.39 is 149 Å². The lowest BCUT2D eigenvalue weighted by molar-refractivity contribution is -0.384. The van der Waals surface area contributed by atoms with Crippen LogP contribution in [0.25, 0.3) is 0 Å². The van der Waals surface area contributed by atoms with E-state index in [1.54, 1.807) is 0 Å². The standard InChI is InChI=1S/C24H40O22/c25-1-4-7(28)8(29)13(34)22(41-4)45-18-11(32)15(36)24(46-19(18)20(37)38)44-17-6(3-27)42-23(14(35)10(17)31)43-16-5(2-26)40-21(39)12(33)9(16)30/h4-19,21-36,39H,1-3H2,(H,37,38)/t4-,5+,6-,7-,8+,9+,10-,11-,12-,13-,14-,15-,16+,17-,18+,19+,21?,22+,23+,24-/m1/s1. The maximum Gasteiger partial charge on any atom is 0.335 e. The van der Waals surface area contributed by atoms with Crippen LogP contribution in [0.5, 0.6) is 0 Å². The van der Waals surface area contributed by atoms with Crippen molar-refractivity contribution in [1.82, 2.24) is 0 Å². The summed E-state index contributed by atoms with van der Waals surface area (Å²) in [7, 11) is 0. The number of aliphatic hydroxyl groups excluding tert-OH is 13. The van der Waals surface area contributed by atoms with Crippen molar-refractivity contribution in [3.05, 3.63) is 0 Å². The average molecular weight is 681 g/mol. The predicted molar refractivity (Wildman–Crippen MR) is 134 cm³/mol. The normalized spacial score (nSPS) is 51.9. The molecule has 46 heavy (non-hydrogen) atoms. The molecule has 0 aromatic carbocycles. The Bertz CT molecular complexity index is 986. The van der Waals surface area contributed by atoms with Gasteiger partial charge in [-0.15, -0.1) is 0 Å². The predicted octanol–water partition coefficient (Wildman–Crippen LogP) is -9.66. The molecule has 0 aromatic rings. The number of ether oxygens (including phenoxy) is 7. The van der Waals surface area contributed by atoms with Crippen molar-refractivity contribution < 1.29 is 109 Å². The van der Waals surface area contributed by atoms with Gasteiger partial charge in [-0.3, -0.25) is 0 Å². The first-order valence-electron chi connectivity index (χ1n) is 14.1. The fourth-order valence-electron chi connectivity index (χ4n) is 5.51. The molecule has 20 atom stereocenters. The number of hydrogen-bond donors (Lipinski definition) is 14. The molecule has 268 valence electrons. The third-order valence-corrected chi connectivity index (χ3v) is 8.17. The molecule has 4 aliphatic heterocycles. The number of aliphatic hydroxyl groups is 13. The van der Waals surface area contributed by atoms with Crippen LogP contribution in [0.2, 0.25) is 0 Å². The average Bonchev–Trinajstić information content (AvgIpc) is 3.03. The van der Waals surface area contributed by atoms with Crippen molar-refractivity contribution in [1.29, 1.82) is 0 Å². The fraction of sp³-hybridized carbons (Fsp3) is 0.958. The van der Waals surface area contributed by atoms with Crippen LogP contribution in [-0.2, 0) is 38.0 Å². The zero-order valence-electron chi connectivity index (χ0n) is 23.7. The number of carboxylic acid groups (broad SMARTS) is 1. The van der Waals surface area contributed by atoms with Gasteiger partial charge in [0.15, 0.2) is 31.3 Å². The van der Waals surface area contributed by atoms with E-state index in [2.05, 4.69) is 0 Å². The highest BCUT2D eigenvalue weighted by Crippen LogP contribution is 2.34. The Morgan fingerprint density at radius 1 is 0.457 bits per heavy atom. The summed E-state index contributed by atoms with van der Waals surface area (Å²) in [6.07, 6.45) is -38.1. The van der Waals surface area contributed by atoms with Gasteiger partial charge in [0.1, 0.15) is 91.6 Å². The molecule has 0 radical (unpaired) electrons. The molecule has 0 aromatic heterocycles. The maximum absolute atomic E-state index is 12.1. The van der Waals surface area contributed by atoms with E-state index in [-0.39, 0.29) is 0 Å². The SMILES string of the molecule is O=C(O)[C@H]1O[C@@H](O[C@H]2[C@H](O)[C@@H](O)[C@H](O[C@@H]3[C@@H](O)[C@@H](O)C(O)O[C@H]3CO)O[C@@H]2CO)[C@H](O)[C@@H](O)[C@@H]1O[C@@H]1O[C@H](CO)[C@@H](O)[C@H](O)[C@H]1O. The number of hydrogen-bond acceptors (Lipinski definition) is 21. The highest BCUT2D eigenvalue weighted by Gasteiger charge is 2.56. The summed E-state index contributed by atoms with van der Waals surface area (Å²) >= 11 is 0. The summed E-state index contributed by atoms with van der Waals surface area (Å²) in [5.74, 6) is -1.80. The summed E-state index contributed by atoms with van der Waals surface area (Å²) < 4.78 is 37.0. The molecular formula is C24H40O22. The molecule has 4 aliphatic rings. The molecule has 0 saturated carbocycles. The monoisotopic (exact) mass is 680 g/mol. The third kappa shape index (κ3) is 7.31. The Labute approximate surface area is 258 Å². The molecular weight excluding hydrogens is 640 g/mol. The molecule has 0 bridgehead atoms. The summed E-state index contributed by atoms with van der Waals surface area (Å²) in [5, 5.41) is 142. The first-order chi connectivity index (χ1) is 21.7. The lowest BCUT2D eigenvalue weighted by Gasteiger charge is -2.48. The first kappa shape index (κ1) is 37.5. The zero-order chi connectivity index (χ0) is 34.2. The molecule has 4 fully saturated rings. The highest BCUT2D eigenvalue weighted by atomic mass is 16.8. The lowest BCUT2D eigenvalue weighted by Crippen LogP contribution is -2.67. The van der Waals surface area contributed by atoms with Gasteiger partial charge in [-0.2, -0.15) is 0 Å². The highest BCUT2D eigenvalue weighted by molar-refractivity contribution is 5.73. The smallest absolute Gasteiger partial charge is 0.335 e. The molecule has 4 rings (SSSR count). The van der Waals surface area contributed by atoms with Gasteiger partial charge in [0, 0.05) is 0 Å². The van der Waals surface area contributed by atoms with Gasteiger partial charge in [0.2, 0.25) is 0 Å². The minimum atomic E-state index is -2.20. The second-order valence-electron chi connectivity index (χ2n) is 11.2. The maximum atomic E-state index is 12.1. The van der Waals surface area contributed by atoms with E-state index in [1.807, 2.05) is 0 Å². The van der Waals surface area contributed by atoms with E-state index in [4.69, 9.17) is 33.2 Å². The van der Waals surface area contributed by atoms with Crippen molar-refractivity contribution in [3.8, 4) is 0 Å². The molecule has 14 N–H and O–H groups in total. The molecule has 22 nitrogen and oxygen atoms in total. The van der Waals surface area contributed by atoms with E-state index in [1.165, 1.54) is 0 Å². The summed E-state index contributed by atoms with van der Waals surface area (Å²) in [5.41, 5.74) is 0. The van der Waals surface area contributed by atoms with Crippen LogP contribution >= 0.6 is 0 Å². The van der Waals surface area contributed by atoms with Gasteiger partial charge in [-0.05, 0) is 0 Å². The number of carbonyl (C=O) groups is 1. The molecule has 22 heteroatoms. The van der Waals surface area contributed by atoms with Crippen LogP contribution < -0.4 is 0 Å². The second-order valence-corrected chi connectivity index (χ2v) is 11.2. The van der Waals surface area contributed by atoms with Crippen molar-refractivity contribution in [2.45, 2.75) is 123 Å². The topological polar surface area (TPSA) is 365 Å². The van der Waals surface area contributed by atoms with Gasteiger partial charge in [0.25, 0.3) is 0 Å². The van der Waals surface area contributed by atoms with Gasteiger partial charge in [-0.25, -0.2) is 4.79 Å². The molecule has 0 aliphatic carbocycles. The van der Waals surface area contributed by atoms with Crippen LogP contribution in [0.1, 0.15) is 0 Å². The van der Waals surface area contributed by atoms with Gasteiger partial charge < -0.3 is 105 Å². The fourth-order valence-corrected chi connectivity index (χ4v) is 5.51. The number of carboxylic acids is 1. The first-order valence-corrected chi connectivity index (χ1v) is 14.1. The Morgan fingerprint density at radius 3 is 1.35 bits per heavy atom. The van der Waals surface area contributed by atoms with Crippen molar-refractivity contribution >= 4 is 5.97 Å². The Balaban J connectivity index is 1.46. The quantitative estimate of drug-likeness (QED) is 0.102. The molecule has 0 amide bonds. The second kappa shape index (κ2) is 15.5. The van der Waals surface area contributed by atoms with Gasteiger partial charge >= 0.3 is 5.97 Å². The van der Waals surface area contributed by atoms with Crippen molar-refractivity contribution in [2.75, 3.05) is 19.8 Å². The molecule has 4 heterocycles. The Morgan fingerprint density at radius 2 is 0.848 bits per heavy atom. The van der Waals surface area contributed by atoms with Gasteiger partial charge in [0.05, 0.1) is 19.8 Å². The van der Waals surface area contributed by atoms with Crippen LogP contribution in [0.4, 0.5) is 0 Å². The summed E-state index contributed by atoms with van der Waals surface area (Å²) in [6, 6.07) is 0. The van der Waals surface area contributed by atoms with E-state index in [0.717, 1.165) is 0 Å². The molecule has 4 saturated heterocycles. The minimum absolute atomic E-state index is 0.836.